The van der Waals surface area contributed by atoms with E-state index in [0.717, 1.165) is 23.3 Å². The number of hydrogen-bond acceptors (Lipinski definition) is 4. The molecule has 4 nitrogen and oxygen atoms in total. The zero-order chi connectivity index (χ0) is 14.4. The van der Waals surface area contributed by atoms with Gasteiger partial charge in [-0.3, -0.25) is 4.79 Å². The summed E-state index contributed by atoms with van der Waals surface area (Å²) in [5.41, 5.74) is 8.23. The first-order chi connectivity index (χ1) is 9.08. The Hall–Kier alpha value is -1.55. The van der Waals surface area contributed by atoms with Crippen LogP contribution in [0.4, 0.5) is 0 Å². The van der Waals surface area contributed by atoms with E-state index in [0.29, 0.717) is 6.42 Å². The van der Waals surface area contributed by atoms with Crippen LogP contribution in [0, 0.1) is 5.92 Å². The maximum absolute atomic E-state index is 11.7. The minimum Gasteiger partial charge on any atom is -0.496 e. The van der Waals surface area contributed by atoms with Gasteiger partial charge in [0.2, 0.25) is 0 Å². The minimum absolute atomic E-state index is 0.260. The molecule has 0 radical (unpaired) electrons. The summed E-state index contributed by atoms with van der Waals surface area (Å²) in [6.07, 6.45) is 1.51. The van der Waals surface area contributed by atoms with Gasteiger partial charge in [-0.05, 0) is 30.0 Å². The third-order valence-electron chi connectivity index (χ3n) is 3.45. The van der Waals surface area contributed by atoms with Crippen molar-refractivity contribution >= 4 is 5.97 Å². The lowest BCUT2D eigenvalue weighted by atomic mass is 9.90. The summed E-state index contributed by atoms with van der Waals surface area (Å²) >= 11 is 0. The van der Waals surface area contributed by atoms with E-state index in [-0.39, 0.29) is 17.9 Å². The van der Waals surface area contributed by atoms with E-state index in [4.69, 9.17) is 15.2 Å². The van der Waals surface area contributed by atoms with Crippen molar-refractivity contribution in [1.29, 1.82) is 0 Å². The van der Waals surface area contributed by atoms with Gasteiger partial charge >= 0.3 is 5.97 Å². The number of esters is 1. The van der Waals surface area contributed by atoms with Gasteiger partial charge in [0.15, 0.2) is 0 Å². The topological polar surface area (TPSA) is 61.6 Å². The molecule has 1 rings (SSSR count). The Kier molecular flexibility index (Phi) is 5.83. The second-order valence-electron chi connectivity index (χ2n) is 4.49. The van der Waals surface area contributed by atoms with Gasteiger partial charge in [0.25, 0.3) is 0 Å². The molecule has 2 atom stereocenters. The fourth-order valence-corrected chi connectivity index (χ4v) is 2.23. The summed E-state index contributed by atoms with van der Waals surface area (Å²) in [7, 11) is 3.04. The van der Waals surface area contributed by atoms with Crippen LogP contribution in [0.1, 0.15) is 37.4 Å². The zero-order valence-corrected chi connectivity index (χ0v) is 12.1. The lowest BCUT2D eigenvalue weighted by Crippen LogP contribution is -2.28. The van der Waals surface area contributed by atoms with Crippen molar-refractivity contribution in [3.8, 4) is 5.75 Å². The SMILES string of the molecule is CCc1cc(C(N)C(CC)C(=O)OC)ccc1OC. The van der Waals surface area contributed by atoms with Gasteiger partial charge in [-0.2, -0.15) is 0 Å². The highest BCUT2D eigenvalue weighted by Crippen LogP contribution is 2.28. The molecule has 1 aromatic carbocycles. The van der Waals surface area contributed by atoms with E-state index in [1.54, 1.807) is 7.11 Å². The highest BCUT2D eigenvalue weighted by molar-refractivity contribution is 5.73. The fraction of sp³-hybridized carbons (Fsp3) is 0.533. The lowest BCUT2D eigenvalue weighted by molar-refractivity contribution is -0.146. The number of ether oxygens (including phenoxy) is 2. The summed E-state index contributed by atoms with van der Waals surface area (Å²) in [6, 6.07) is 5.47. The van der Waals surface area contributed by atoms with E-state index in [1.165, 1.54) is 7.11 Å². The van der Waals surface area contributed by atoms with Gasteiger partial charge < -0.3 is 15.2 Å². The number of carbonyl (C=O) groups excluding carboxylic acids is 1. The van der Waals surface area contributed by atoms with Crippen LogP contribution in [-0.4, -0.2) is 20.2 Å². The summed E-state index contributed by atoms with van der Waals surface area (Å²) in [4.78, 5) is 11.7. The molecule has 0 amide bonds. The molecule has 0 fully saturated rings. The first kappa shape index (κ1) is 15.5. The summed E-state index contributed by atoms with van der Waals surface area (Å²) < 4.78 is 10.1. The van der Waals surface area contributed by atoms with Gasteiger partial charge in [0.1, 0.15) is 5.75 Å². The number of carbonyl (C=O) groups is 1. The van der Waals surface area contributed by atoms with Crippen LogP contribution in [0.3, 0.4) is 0 Å². The van der Waals surface area contributed by atoms with Crippen molar-refractivity contribution < 1.29 is 14.3 Å². The Morgan fingerprint density at radius 2 is 2.00 bits per heavy atom. The molecule has 0 spiro atoms. The van der Waals surface area contributed by atoms with Crippen molar-refractivity contribution in [1.82, 2.24) is 0 Å². The average Bonchev–Trinajstić information content (AvgIpc) is 2.46. The van der Waals surface area contributed by atoms with Gasteiger partial charge in [-0.25, -0.2) is 0 Å². The number of methoxy groups -OCH3 is 2. The van der Waals surface area contributed by atoms with E-state index in [9.17, 15) is 4.79 Å². The molecular formula is C15H23NO3. The van der Waals surface area contributed by atoms with Crippen molar-refractivity contribution in [2.45, 2.75) is 32.7 Å². The van der Waals surface area contributed by atoms with Gasteiger partial charge in [0, 0.05) is 6.04 Å². The van der Waals surface area contributed by atoms with Crippen molar-refractivity contribution in [2.24, 2.45) is 11.7 Å². The molecule has 0 bridgehead atoms. The smallest absolute Gasteiger partial charge is 0.310 e. The quantitative estimate of drug-likeness (QED) is 0.803. The Morgan fingerprint density at radius 1 is 1.32 bits per heavy atom. The van der Waals surface area contributed by atoms with Crippen molar-refractivity contribution in [2.75, 3.05) is 14.2 Å². The van der Waals surface area contributed by atoms with Gasteiger partial charge in [-0.15, -0.1) is 0 Å². The van der Waals surface area contributed by atoms with Crippen LogP contribution < -0.4 is 10.5 Å². The molecule has 0 aliphatic carbocycles. The Balaban J connectivity index is 3.04. The Bertz CT molecular complexity index is 431. The standard InChI is InChI=1S/C15H23NO3/c1-5-10-9-11(7-8-13(10)18-3)14(16)12(6-2)15(17)19-4/h7-9,12,14H,5-6,16H2,1-4H3. The van der Waals surface area contributed by atoms with Crippen LogP contribution in [0.5, 0.6) is 5.75 Å². The molecule has 0 heterocycles. The third kappa shape index (κ3) is 3.47. The molecule has 0 aliphatic rings. The Morgan fingerprint density at radius 3 is 2.47 bits per heavy atom. The average molecular weight is 265 g/mol. The van der Waals surface area contributed by atoms with Crippen LogP contribution in [0.2, 0.25) is 0 Å². The second kappa shape index (κ2) is 7.14. The van der Waals surface area contributed by atoms with Crippen molar-refractivity contribution in [3.05, 3.63) is 29.3 Å². The number of aryl methyl sites for hydroxylation is 1. The third-order valence-corrected chi connectivity index (χ3v) is 3.45. The van der Waals surface area contributed by atoms with Gasteiger partial charge in [-0.1, -0.05) is 26.0 Å². The number of benzene rings is 1. The molecular weight excluding hydrogens is 242 g/mol. The van der Waals surface area contributed by atoms with E-state index in [1.807, 2.05) is 25.1 Å². The first-order valence-electron chi connectivity index (χ1n) is 6.59. The van der Waals surface area contributed by atoms with E-state index >= 15 is 0 Å². The molecule has 0 aliphatic heterocycles. The molecule has 0 saturated carbocycles. The first-order valence-corrected chi connectivity index (χ1v) is 6.59. The predicted octanol–water partition coefficient (Wildman–Crippen LogP) is 2.46. The van der Waals surface area contributed by atoms with Crippen molar-refractivity contribution in [3.63, 3.8) is 0 Å². The molecule has 19 heavy (non-hydrogen) atoms. The molecule has 2 N–H and O–H groups in total. The normalized spacial score (nSPS) is 13.7. The number of hydrogen-bond donors (Lipinski definition) is 1. The predicted molar refractivity (Wildman–Crippen MR) is 75.1 cm³/mol. The monoisotopic (exact) mass is 265 g/mol. The second-order valence-corrected chi connectivity index (χ2v) is 4.49. The molecule has 0 saturated heterocycles. The van der Waals surface area contributed by atoms with Crippen LogP contribution in [-0.2, 0) is 16.0 Å². The van der Waals surface area contributed by atoms with Gasteiger partial charge in [0.05, 0.1) is 20.1 Å². The maximum Gasteiger partial charge on any atom is 0.310 e. The highest BCUT2D eigenvalue weighted by atomic mass is 16.5. The summed E-state index contributed by atoms with van der Waals surface area (Å²) in [5, 5.41) is 0. The van der Waals surface area contributed by atoms with Crippen LogP contribution in [0.25, 0.3) is 0 Å². The molecule has 4 heteroatoms. The Labute approximate surface area is 114 Å². The maximum atomic E-state index is 11.7. The van der Waals surface area contributed by atoms with Crippen LogP contribution >= 0.6 is 0 Å². The largest absolute Gasteiger partial charge is 0.496 e. The molecule has 1 aromatic rings. The van der Waals surface area contributed by atoms with Crippen LogP contribution in [0.15, 0.2) is 18.2 Å². The molecule has 2 unspecified atom stereocenters. The summed E-state index contributed by atoms with van der Waals surface area (Å²) in [6.45, 7) is 4.00. The summed E-state index contributed by atoms with van der Waals surface area (Å²) in [5.74, 6) is 0.275. The molecule has 0 aromatic heterocycles. The number of rotatable bonds is 6. The van der Waals surface area contributed by atoms with E-state index < -0.39 is 0 Å². The van der Waals surface area contributed by atoms with E-state index in [2.05, 4.69) is 6.92 Å². The molecule has 106 valence electrons. The highest BCUT2D eigenvalue weighted by Gasteiger charge is 2.26. The zero-order valence-electron chi connectivity index (χ0n) is 12.1. The minimum atomic E-state index is -0.353. The number of nitrogens with two attached hydrogens (primary N) is 1. The fourth-order valence-electron chi connectivity index (χ4n) is 2.23. The lowest BCUT2D eigenvalue weighted by Gasteiger charge is -2.21.